The van der Waals surface area contributed by atoms with Crippen molar-refractivity contribution in [3.05, 3.63) is 40.0 Å². The number of fused-ring (bicyclic) bond motifs is 2. The molecule has 2 aliphatic rings. The number of carbonyl (C=O) groups is 2. The maximum absolute atomic E-state index is 12.8. The van der Waals surface area contributed by atoms with Crippen LogP contribution in [0.25, 0.3) is 10.9 Å². The van der Waals surface area contributed by atoms with Crippen LogP contribution in [0.4, 0.5) is 4.79 Å². The predicted molar refractivity (Wildman–Crippen MR) is 98.9 cm³/mol. The van der Waals surface area contributed by atoms with Crippen LogP contribution in [0.3, 0.4) is 0 Å². The van der Waals surface area contributed by atoms with Gasteiger partial charge in [-0.05, 0) is 43.4 Å². The summed E-state index contributed by atoms with van der Waals surface area (Å²) < 4.78 is 0. The Morgan fingerprint density at radius 2 is 1.73 bits per heavy atom. The highest BCUT2D eigenvalue weighted by molar-refractivity contribution is 6.36. The fraction of sp³-hybridized carbons (Fsp3) is 0.421. The van der Waals surface area contributed by atoms with Crippen LogP contribution < -0.4 is 0 Å². The smallest absolute Gasteiger partial charge is 0.407 e. The van der Waals surface area contributed by atoms with E-state index in [2.05, 4.69) is 0 Å². The molecular formula is C19H20ClN3O3. The standard InChI is InChI=1S/C19H20ClN3O3/c20-17-13-3-1-2-4-15(13)21-16-11-12(5-6-14(16)17)18(24)22-7-9-23(10-8-22)19(25)26/h5-6,11H,1-4,7-10H2,(H,25,26). The van der Waals surface area contributed by atoms with Crippen LogP contribution in [0.1, 0.15) is 34.5 Å². The molecule has 2 amide bonds. The second-order valence-electron chi connectivity index (χ2n) is 6.85. The number of piperazine rings is 1. The van der Waals surface area contributed by atoms with Crippen LogP contribution >= 0.6 is 11.6 Å². The minimum absolute atomic E-state index is 0.0902. The number of aromatic nitrogens is 1. The molecular weight excluding hydrogens is 354 g/mol. The van der Waals surface area contributed by atoms with Crippen LogP contribution in [0.2, 0.25) is 5.02 Å². The van der Waals surface area contributed by atoms with Gasteiger partial charge < -0.3 is 14.9 Å². The van der Waals surface area contributed by atoms with E-state index in [1.807, 2.05) is 12.1 Å². The third-order valence-electron chi connectivity index (χ3n) is 5.28. The molecule has 0 bridgehead atoms. The zero-order chi connectivity index (χ0) is 18.3. The number of pyridine rings is 1. The van der Waals surface area contributed by atoms with E-state index in [0.717, 1.165) is 52.9 Å². The van der Waals surface area contributed by atoms with E-state index in [1.54, 1.807) is 11.0 Å². The van der Waals surface area contributed by atoms with Gasteiger partial charge in [-0.15, -0.1) is 0 Å². The second kappa shape index (κ2) is 6.76. The van der Waals surface area contributed by atoms with Crippen LogP contribution in [0.15, 0.2) is 18.2 Å². The number of carboxylic acid groups (broad SMARTS) is 1. The monoisotopic (exact) mass is 373 g/mol. The minimum atomic E-state index is -0.939. The Labute approximate surface area is 156 Å². The summed E-state index contributed by atoms with van der Waals surface area (Å²) in [5, 5.41) is 10.7. The Balaban J connectivity index is 1.61. The number of carbonyl (C=O) groups excluding carboxylic acids is 1. The van der Waals surface area contributed by atoms with E-state index in [9.17, 15) is 9.59 Å². The van der Waals surface area contributed by atoms with Gasteiger partial charge in [0.1, 0.15) is 0 Å². The van der Waals surface area contributed by atoms with E-state index >= 15 is 0 Å². The zero-order valence-electron chi connectivity index (χ0n) is 14.4. The highest BCUT2D eigenvalue weighted by Crippen LogP contribution is 2.33. The molecule has 2 aromatic rings. The van der Waals surface area contributed by atoms with Crippen LogP contribution in [0.5, 0.6) is 0 Å². The molecule has 0 spiro atoms. The van der Waals surface area contributed by atoms with Gasteiger partial charge in [0.2, 0.25) is 0 Å². The number of hydrogen-bond donors (Lipinski definition) is 1. The Morgan fingerprint density at radius 1 is 1.04 bits per heavy atom. The van der Waals surface area contributed by atoms with Gasteiger partial charge in [-0.2, -0.15) is 0 Å². The molecule has 1 saturated heterocycles. The van der Waals surface area contributed by atoms with Crippen molar-refractivity contribution in [3.63, 3.8) is 0 Å². The third-order valence-corrected chi connectivity index (χ3v) is 5.71. The summed E-state index contributed by atoms with van der Waals surface area (Å²) in [7, 11) is 0. The van der Waals surface area contributed by atoms with Gasteiger partial charge in [-0.1, -0.05) is 17.7 Å². The number of nitrogens with zero attached hydrogens (tertiary/aromatic N) is 3. The van der Waals surface area contributed by atoms with E-state index < -0.39 is 6.09 Å². The molecule has 7 heteroatoms. The molecule has 26 heavy (non-hydrogen) atoms. The Bertz CT molecular complexity index is 891. The van der Waals surface area contributed by atoms with Gasteiger partial charge in [0, 0.05) is 42.8 Å². The molecule has 0 saturated carbocycles. The molecule has 4 rings (SSSR count). The van der Waals surface area contributed by atoms with Crippen LogP contribution in [0, 0.1) is 0 Å². The molecule has 0 unspecified atom stereocenters. The number of amides is 2. The van der Waals surface area contributed by atoms with E-state index in [4.69, 9.17) is 21.7 Å². The maximum Gasteiger partial charge on any atom is 0.407 e. The molecule has 1 aliphatic heterocycles. The van der Waals surface area contributed by atoms with Gasteiger partial charge >= 0.3 is 6.09 Å². The molecule has 0 radical (unpaired) electrons. The highest BCUT2D eigenvalue weighted by Gasteiger charge is 2.25. The van der Waals surface area contributed by atoms with Crippen molar-refractivity contribution in [2.45, 2.75) is 25.7 Å². The molecule has 0 atom stereocenters. The maximum atomic E-state index is 12.8. The lowest BCUT2D eigenvalue weighted by molar-refractivity contribution is 0.0625. The molecule has 136 valence electrons. The first-order chi connectivity index (χ1) is 12.5. The summed E-state index contributed by atoms with van der Waals surface area (Å²) in [4.78, 5) is 31.6. The lowest BCUT2D eigenvalue weighted by atomic mass is 9.94. The van der Waals surface area contributed by atoms with Crippen molar-refractivity contribution in [3.8, 4) is 0 Å². The quantitative estimate of drug-likeness (QED) is 0.833. The Kier molecular flexibility index (Phi) is 4.44. The summed E-state index contributed by atoms with van der Waals surface area (Å²) in [6, 6.07) is 5.47. The van der Waals surface area contributed by atoms with Crippen molar-refractivity contribution in [2.24, 2.45) is 0 Å². The normalized spacial score (nSPS) is 17.3. The van der Waals surface area contributed by atoms with Gasteiger partial charge in [-0.25, -0.2) is 4.79 Å². The number of halogens is 1. The number of benzene rings is 1. The lowest BCUT2D eigenvalue weighted by Gasteiger charge is -2.33. The fourth-order valence-electron chi connectivity index (χ4n) is 3.78. The summed E-state index contributed by atoms with van der Waals surface area (Å²) in [6.45, 7) is 1.49. The second-order valence-corrected chi connectivity index (χ2v) is 7.23. The summed E-state index contributed by atoms with van der Waals surface area (Å²) in [6.07, 6.45) is 3.21. The predicted octanol–water partition coefficient (Wildman–Crippen LogP) is 3.20. The molecule has 1 N–H and O–H groups in total. The van der Waals surface area contributed by atoms with E-state index in [1.165, 1.54) is 4.90 Å². The summed E-state index contributed by atoms with van der Waals surface area (Å²) >= 11 is 6.59. The van der Waals surface area contributed by atoms with Crippen LogP contribution in [-0.4, -0.2) is 58.1 Å². The first kappa shape index (κ1) is 17.1. The van der Waals surface area contributed by atoms with Crippen molar-refractivity contribution in [1.82, 2.24) is 14.8 Å². The SMILES string of the molecule is O=C(O)N1CCN(C(=O)c2ccc3c(Cl)c4c(nc3c2)CCCC4)CC1. The van der Waals surface area contributed by atoms with Crippen molar-refractivity contribution < 1.29 is 14.7 Å². The van der Waals surface area contributed by atoms with Gasteiger partial charge in [-0.3, -0.25) is 9.78 Å². The average Bonchev–Trinajstić information content (AvgIpc) is 2.67. The van der Waals surface area contributed by atoms with Gasteiger partial charge in [0.05, 0.1) is 10.5 Å². The Hall–Kier alpha value is -2.34. The molecule has 1 aromatic carbocycles. The fourth-order valence-corrected chi connectivity index (χ4v) is 4.15. The zero-order valence-corrected chi connectivity index (χ0v) is 15.1. The molecule has 1 fully saturated rings. The Morgan fingerprint density at radius 3 is 2.46 bits per heavy atom. The van der Waals surface area contributed by atoms with Crippen molar-refractivity contribution >= 4 is 34.5 Å². The van der Waals surface area contributed by atoms with Crippen molar-refractivity contribution in [2.75, 3.05) is 26.2 Å². The summed E-state index contributed by atoms with van der Waals surface area (Å²) in [5.41, 5.74) is 3.52. The minimum Gasteiger partial charge on any atom is -0.465 e. The lowest BCUT2D eigenvalue weighted by Crippen LogP contribution is -2.50. The van der Waals surface area contributed by atoms with E-state index in [-0.39, 0.29) is 5.91 Å². The number of hydrogen-bond acceptors (Lipinski definition) is 3. The highest BCUT2D eigenvalue weighted by atomic mass is 35.5. The molecule has 6 nitrogen and oxygen atoms in total. The average molecular weight is 374 g/mol. The number of aryl methyl sites for hydroxylation is 1. The topological polar surface area (TPSA) is 73.7 Å². The molecule has 1 aliphatic carbocycles. The molecule has 1 aromatic heterocycles. The van der Waals surface area contributed by atoms with Gasteiger partial charge in [0.15, 0.2) is 0 Å². The van der Waals surface area contributed by atoms with Gasteiger partial charge in [0.25, 0.3) is 5.91 Å². The largest absolute Gasteiger partial charge is 0.465 e. The number of rotatable bonds is 1. The first-order valence-electron chi connectivity index (χ1n) is 8.93. The van der Waals surface area contributed by atoms with Crippen molar-refractivity contribution in [1.29, 1.82) is 0 Å². The first-order valence-corrected chi connectivity index (χ1v) is 9.30. The third kappa shape index (κ3) is 2.98. The summed E-state index contributed by atoms with van der Waals surface area (Å²) in [5.74, 6) is -0.0902. The van der Waals surface area contributed by atoms with Crippen LogP contribution in [-0.2, 0) is 12.8 Å². The molecule has 2 heterocycles. The van der Waals surface area contributed by atoms with E-state index in [0.29, 0.717) is 31.7 Å².